The van der Waals surface area contributed by atoms with Crippen LogP contribution in [0.15, 0.2) is 46.1 Å². The first kappa shape index (κ1) is 28.1. The number of aromatic amines is 1. The van der Waals surface area contributed by atoms with Crippen LogP contribution in [0.4, 0.5) is 0 Å². The summed E-state index contributed by atoms with van der Waals surface area (Å²) in [5.74, 6) is -0.593. The summed E-state index contributed by atoms with van der Waals surface area (Å²) in [6, 6.07) is 6.68. The Morgan fingerprint density at radius 3 is 2.78 bits per heavy atom. The monoisotopic (exact) mass is 543 g/mol. The first-order chi connectivity index (χ1) is 17.1. The molecule has 3 rings (SSSR count). The lowest BCUT2D eigenvalue weighted by Gasteiger charge is -2.24. The van der Waals surface area contributed by atoms with Gasteiger partial charge < -0.3 is 14.0 Å². The minimum atomic E-state index is -4.13. The Labute approximate surface area is 213 Å². The lowest BCUT2D eigenvalue weighted by Crippen LogP contribution is -2.36. The number of nitrogens with zero attached hydrogens (tertiary/aromatic N) is 1. The predicted molar refractivity (Wildman–Crippen MR) is 133 cm³/mol. The molecule has 4 unspecified atom stereocenters. The third-order valence-corrected chi connectivity index (χ3v) is 7.45. The summed E-state index contributed by atoms with van der Waals surface area (Å²) < 4.78 is 37.5. The zero-order valence-corrected chi connectivity index (χ0v) is 22.0. The molecule has 2 N–H and O–H groups in total. The van der Waals surface area contributed by atoms with E-state index in [0.717, 1.165) is 6.42 Å². The van der Waals surface area contributed by atoms with Gasteiger partial charge in [0.1, 0.15) is 18.0 Å². The van der Waals surface area contributed by atoms with Crippen LogP contribution in [-0.2, 0) is 23.4 Å². The van der Waals surface area contributed by atoms with Crippen molar-refractivity contribution < 1.29 is 27.9 Å². The van der Waals surface area contributed by atoms with Crippen LogP contribution < -0.4 is 20.9 Å². The van der Waals surface area contributed by atoms with Crippen LogP contribution in [0, 0.1) is 5.92 Å². The summed E-state index contributed by atoms with van der Waals surface area (Å²) >= 11 is 6.17. The van der Waals surface area contributed by atoms with Gasteiger partial charge in [0.25, 0.3) is 5.56 Å². The highest BCUT2D eigenvalue weighted by molar-refractivity contribution is 7.52. The molecule has 11 nitrogen and oxygen atoms in total. The van der Waals surface area contributed by atoms with Crippen LogP contribution in [0.5, 0.6) is 5.75 Å². The number of carbonyl (C=O) groups is 1. The first-order valence-corrected chi connectivity index (χ1v) is 13.6. The number of hydrogen-bond acceptors (Lipinski definition) is 8. The molecule has 1 aliphatic heterocycles. The molecule has 198 valence electrons. The molecular formula is C23H31ClN3O8P. The number of unbranched alkanes of at least 4 members (excludes halogenated alkanes) is 1. The number of rotatable bonds is 12. The van der Waals surface area contributed by atoms with E-state index in [0.29, 0.717) is 12.8 Å². The SMILES string of the molecule is CCCCOC(=O)[C@H](C)NP(=O)(OCC1CC(C)C(n2ccc(=O)[nH]c2=O)O1)Oc1ccccc1Cl. The number of esters is 1. The fourth-order valence-electron chi connectivity index (χ4n) is 3.64. The number of hydrogen-bond donors (Lipinski definition) is 2. The molecule has 0 bridgehead atoms. The Kier molecular flexibility index (Phi) is 9.92. The van der Waals surface area contributed by atoms with Crippen molar-refractivity contribution in [3.05, 3.63) is 62.4 Å². The van der Waals surface area contributed by atoms with E-state index in [-0.39, 0.29) is 29.9 Å². The Hall–Kier alpha value is -2.43. The number of aromatic nitrogens is 2. The molecule has 1 fully saturated rings. The van der Waals surface area contributed by atoms with Gasteiger partial charge in [0.15, 0.2) is 0 Å². The zero-order chi connectivity index (χ0) is 26.3. The van der Waals surface area contributed by atoms with Crippen LogP contribution in [0.1, 0.15) is 46.3 Å². The molecule has 1 saturated heterocycles. The van der Waals surface area contributed by atoms with Crippen molar-refractivity contribution in [2.24, 2.45) is 5.92 Å². The van der Waals surface area contributed by atoms with E-state index in [1.165, 1.54) is 29.8 Å². The van der Waals surface area contributed by atoms with Crippen molar-refractivity contribution in [1.29, 1.82) is 0 Å². The van der Waals surface area contributed by atoms with Crippen molar-refractivity contribution in [2.75, 3.05) is 13.2 Å². The van der Waals surface area contributed by atoms with Crippen molar-refractivity contribution in [1.82, 2.24) is 14.6 Å². The fraction of sp³-hybridized carbons (Fsp3) is 0.522. The average Bonchev–Trinajstić information content (AvgIpc) is 3.19. The molecular weight excluding hydrogens is 513 g/mol. The van der Waals surface area contributed by atoms with Gasteiger partial charge in [-0.2, -0.15) is 5.09 Å². The van der Waals surface area contributed by atoms with Crippen molar-refractivity contribution in [2.45, 2.75) is 58.4 Å². The number of nitrogens with one attached hydrogen (secondary N) is 2. The molecule has 2 aromatic rings. The number of ether oxygens (including phenoxy) is 2. The molecule has 0 spiro atoms. The van der Waals surface area contributed by atoms with Crippen molar-refractivity contribution in [3.63, 3.8) is 0 Å². The fourth-order valence-corrected chi connectivity index (χ4v) is 5.41. The molecule has 2 heterocycles. The first-order valence-electron chi connectivity index (χ1n) is 11.7. The second-order valence-electron chi connectivity index (χ2n) is 8.57. The highest BCUT2D eigenvalue weighted by Crippen LogP contribution is 2.47. The van der Waals surface area contributed by atoms with E-state index in [2.05, 4.69) is 10.1 Å². The molecule has 0 amide bonds. The van der Waals surface area contributed by atoms with E-state index in [1.54, 1.807) is 18.2 Å². The molecule has 13 heteroatoms. The molecule has 5 atom stereocenters. The van der Waals surface area contributed by atoms with Gasteiger partial charge in [0, 0.05) is 18.2 Å². The Morgan fingerprint density at radius 1 is 1.33 bits per heavy atom. The summed E-state index contributed by atoms with van der Waals surface area (Å²) in [5, 5.41) is 2.83. The van der Waals surface area contributed by atoms with Crippen LogP contribution >= 0.6 is 19.3 Å². The predicted octanol–water partition coefficient (Wildman–Crippen LogP) is 3.64. The van der Waals surface area contributed by atoms with Crippen LogP contribution in [0.2, 0.25) is 5.02 Å². The smallest absolute Gasteiger partial charge is 0.459 e. The standard InChI is InChI=1S/C23H31ClN3O8P/c1-4-5-12-32-22(29)16(3)26-36(31,35-19-9-7-6-8-18(19)24)33-14-17-13-15(2)21(34-17)27-11-10-20(28)25-23(27)30/h6-11,15-17,21H,4-5,12-14H2,1-3H3,(H,26,31)(H,25,28,30)/t15?,16-,17?,21?,36?/m0/s1. The van der Waals surface area contributed by atoms with E-state index >= 15 is 0 Å². The maximum Gasteiger partial charge on any atom is 0.459 e. The average molecular weight is 544 g/mol. The van der Waals surface area contributed by atoms with E-state index < -0.39 is 43.3 Å². The van der Waals surface area contributed by atoms with Gasteiger partial charge in [0.05, 0.1) is 24.3 Å². The van der Waals surface area contributed by atoms with Crippen LogP contribution in [0.3, 0.4) is 0 Å². The van der Waals surface area contributed by atoms with E-state index in [4.69, 9.17) is 30.1 Å². The minimum Gasteiger partial charge on any atom is -0.465 e. The summed E-state index contributed by atoms with van der Waals surface area (Å²) in [7, 11) is -4.13. The van der Waals surface area contributed by atoms with Crippen LogP contribution in [-0.4, -0.2) is 40.9 Å². The third-order valence-electron chi connectivity index (χ3n) is 5.51. The largest absolute Gasteiger partial charge is 0.465 e. The van der Waals surface area contributed by atoms with Crippen molar-refractivity contribution >= 4 is 25.3 Å². The van der Waals surface area contributed by atoms with Gasteiger partial charge in [0.2, 0.25) is 0 Å². The normalized spacial score (nSPS) is 22.1. The molecule has 1 aromatic heterocycles. The minimum absolute atomic E-state index is 0.105. The summed E-state index contributed by atoms with van der Waals surface area (Å²) in [5.41, 5.74) is -1.10. The molecule has 0 radical (unpaired) electrons. The second kappa shape index (κ2) is 12.7. The molecule has 0 saturated carbocycles. The number of halogens is 1. The molecule has 1 aliphatic rings. The van der Waals surface area contributed by atoms with Gasteiger partial charge in [-0.05, 0) is 31.9 Å². The summed E-state index contributed by atoms with van der Waals surface area (Å²) in [6.07, 6.45) is 2.23. The maximum absolute atomic E-state index is 13.7. The number of H-pyrrole nitrogens is 1. The van der Waals surface area contributed by atoms with Gasteiger partial charge in [-0.25, -0.2) is 9.36 Å². The number of para-hydroxylation sites is 1. The Balaban J connectivity index is 1.71. The van der Waals surface area contributed by atoms with E-state index in [9.17, 15) is 18.9 Å². The quantitative estimate of drug-likeness (QED) is 0.233. The maximum atomic E-state index is 13.7. The lowest BCUT2D eigenvalue weighted by molar-refractivity contribution is -0.145. The highest BCUT2D eigenvalue weighted by atomic mass is 35.5. The number of benzene rings is 1. The summed E-state index contributed by atoms with van der Waals surface area (Å²) in [4.78, 5) is 38.1. The topological polar surface area (TPSA) is 138 Å². The Bertz CT molecular complexity index is 1200. The highest BCUT2D eigenvalue weighted by Gasteiger charge is 2.38. The Morgan fingerprint density at radius 2 is 2.08 bits per heavy atom. The lowest BCUT2D eigenvalue weighted by atomic mass is 10.1. The van der Waals surface area contributed by atoms with Crippen molar-refractivity contribution in [3.8, 4) is 5.75 Å². The third kappa shape index (κ3) is 7.54. The van der Waals surface area contributed by atoms with Gasteiger partial charge in [-0.1, -0.05) is 44.0 Å². The van der Waals surface area contributed by atoms with Gasteiger partial charge in [-0.3, -0.25) is 23.7 Å². The molecule has 36 heavy (non-hydrogen) atoms. The van der Waals surface area contributed by atoms with Gasteiger partial charge >= 0.3 is 19.4 Å². The second-order valence-corrected chi connectivity index (χ2v) is 10.7. The number of carbonyl (C=O) groups excluding carboxylic acids is 1. The van der Waals surface area contributed by atoms with Gasteiger partial charge in [-0.15, -0.1) is 0 Å². The van der Waals surface area contributed by atoms with E-state index in [1.807, 2.05) is 13.8 Å². The summed E-state index contributed by atoms with van der Waals surface area (Å²) in [6.45, 7) is 5.43. The molecule has 0 aliphatic carbocycles. The van der Waals surface area contributed by atoms with Crippen LogP contribution in [0.25, 0.3) is 0 Å². The molecule has 1 aromatic carbocycles. The zero-order valence-electron chi connectivity index (χ0n) is 20.3.